The maximum atomic E-state index is 12.8. The van der Waals surface area contributed by atoms with E-state index in [-0.39, 0.29) is 31.1 Å². The van der Waals surface area contributed by atoms with E-state index in [0.29, 0.717) is 19.3 Å². The van der Waals surface area contributed by atoms with Crippen molar-refractivity contribution < 1.29 is 28.6 Å². The van der Waals surface area contributed by atoms with Crippen molar-refractivity contribution in [3.05, 3.63) is 0 Å². The Morgan fingerprint density at radius 1 is 0.306 bits per heavy atom. The molecular formula is C56H108O6. The van der Waals surface area contributed by atoms with Gasteiger partial charge in [-0.2, -0.15) is 0 Å². The van der Waals surface area contributed by atoms with E-state index in [9.17, 15) is 14.4 Å². The molecule has 6 nitrogen and oxygen atoms in total. The second kappa shape index (κ2) is 50.4. The van der Waals surface area contributed by atoms with Crippen LogP contribution in [0.4, 0.5) is 0 Å². The lowest BCUT2D eigenvalue weighted by Crippen LogP contribution is -2.30. The molecule has 6 heteroatoms. The predicted molar refractivity (Wildman–Crippen MR) is 266 cm³/mol. The summed E-state index contributed by atoms with van der Waals surface area (Å²) in [6.45, 7) is 9.04. The van der Waals surface area contributed by atoms with Crippen LogP contribution >= 0.6 is 0 Å². The van der Waals surface area contributed by atoms with Crippen LogP contribution in [-0.4, -0.2) is 37.2 Å². The lowest BCUT2D eigenvalue weighted by Gasteiger charge is -2.18. The SMILES string of the molecule is CCCCCCCCCCCCCCCCC(=O)OC[C@H](COC(=O)CCCCCCCCCCC)OC(=O)CCCCCCCCCCCCCCCCCCCCC(C)C. The summed E-state index contributed by atoms with van der Waals surface area (Å²) in [4.78, 5) is 37.9. The molecule has 1 atom stereocenters. The molecule has 62 heavy (non-hydrogen) atoms. The molecular weight excluding hydrogens is 769 g/mol. The molecule has 0 heterocycles. The van der Waals surface area contributed by atoms with Crippen molar-refractivity contribution in [2.45, 2.75) is 323 Å². The average Bonchev–Trinajstić information content (AvgIpc) is 3.26. The first kappa shape index (κ1) is 60.4. The van der Waals surface area contributed by atoms with Crippen LogP contribution in [-0.2, 0) is 28.6 Å². The third-order valence-corrected chi connectivity index (χ3v) is 12.8. The number of ether oxygens (including phenoxy) is 3. The quantitative estimate of drug-likeness (QED) is 0.0344. The van der Waals surface area contributed by atoms with E-state index in [4.69, 9.17) is 14.2 Å². The summed E-state index contributed by atoms with van der Waals surface area (Å²) in [5.41, 5.74) is 0. The Bertz CT molecular complexity index is 933. The highest BCUT2D eigenvalue weighted by Crippen LogP contribution is 2.18. The van der Waals surface area contributed by atoms with Crippen molar-refractivity contribution in [2.75, 3.05) is 13.2 Å². The topological polar surface area (TPSA) is 78.9 Å². The summed E-state index contributed by atoms with van der Waals surface area (Å²) in [7, 11) is 0. The first-order chi connectivity index (χ1) is 30.4. The van der Waals surface area contributed by atoms with Crippen molar-refractivity contribution in [1.29, 1.82) is 0 Å². The zero-order chi connectivity index (χ0) is 45.2. The maximum absolute atomic E-state index is 12.8. The third-order valence-electron chi connectivity index (χ3n) is 12.8. The summed E-state index contributed by atoms with van der Waals surface area (Å²) in [5, 5.41) is 0. The molecule has 0 bridgehead atoms. The van der Waals surface area contributed by atoms with Gasteiger partial charge in [0.2, 0.25) is 0 Å². The molecule has 0 aromatic rings. The van der Waals surface area contributed by atoms with Crippen LogP contribution in [0.2, 0.25) is 0 Å². The van der Waals surface area contributed by atoms with Gasteiger partial charge in [0.15, 0.2) is 6.10 Å². The van der Waals surface area contributed by atoms with Gasteiger partial charge < -0.3 is 14.2 Å². The summed E-state index contributed by atoms with van der Waals surface area (Å²) in [5.74, 6) is 0.0168. The predicted octanol–water partition coefficient (Wildman–Crippen LogP) is 18.2. The molecule has 368 valence electrons. The van der Waals surface area contributed by atoms with Crippen LogP contribution < -0.4 is 0 Å². The minimum Gasteiger partial charge on any atom is -0.462 e. The minimum atomic E-state index is -0.760. The van der Waals surface area contributed by atoms with Crippen LogP contribution in [0, 0.1) is 5.92 Å². The highest BCUT2D eigenvalue weighted by Gasteiger charge is 2.19. The van der Waals surface area contributed by atoms with Gasteiger partial charge in [-0.1, -0.05) is 278 Å². The Labute approximate surface area is 387 Å². The molecule has 0 N–H and O–H groups in total. The fourth-order valence-corrected chi connectivity index (χ4v) is 8.57. The fraction of sp³-hybridized carbons (Fsp3) is 0.946. The van der Waals surface area contributed by atoms with Crippen LogP contribution in [0.15, 0.2) is 0 Å². The average molecular weight is 877 g/mol. The lowest BCUT2D eigenvalue weighted by molar-refractivity contribution is -0.167. The monoisotopic (exact) mass is 877 g/mol. The Morgan fingerprint density at radius 2 is 0.532 bits per heavy atom. The largest absolute Gasteiger partial charge is 0.462 e. The van der Waals surface area contributed by atoms with Crippen molar-refractivity contribution in [2.24, 2.45) is 5.92 Å². The zero-order valence-corrected chi connectivity index (χ0v) is 42.3. The number of hydrogen-bond donors (Lipinski definition) is 0. The van der Waals surface area contributed by atoms with Crippen molar-refractivity contribution in [1.82, 2.24) is 0 Å². The summed E-state index contributed by atoms with van der Waals surface area (Å²) >= 11 is 0. The molecule has 0 aromatic heterocycles. The summed E-state index contributed by atoms with van der Waals surface area (Å²) in [6, 6.07) is 0. The molecule has 0 saturated heterocycles. The number of hydrogen-bond acceptors (Lipinski definition) is 6. The molecule has 0 amide bonds. The minimum absolute atomic E-state index is 0.0622. The van der Waals surface area contributed by atoms with Gasteiger partial charge in [-0.05, 0) is 25.2 Å². The summed E-state index contributed by atoms with van der Waals surface area (Å²) < 4.78 is 16.8. The molecule has 0 spiro atoms. The van der Waals surface area contributed by atoms with E-state index >= 15 is 0 Å². The number of esters is 3. The molecule has 0 fully saturated rings. The van der Waals surface area contributed by atoms with Gasteiger partial charge >= 0.3 is 17.9 Å². The van der Waals surface area contributed by atoms with Crippen molar-refractivity contribution in [3.8, 4) is 0 Å². The highest BCUT2D eigenvalue weighted by atomic mass is 16.6. The third kappa shape index (κ3) is 49.4. The van der Waals surface area contributed by atoms with Gasteiger partial charge in [-0.3, -0.25) is 14.4 Å². The van der Waals surface area contributed by atoms with E-state index in [0.717, 1.165) is 63.7 Å². The van der Waals surface area contributed by atoms with Gasteiger partial charge in [0, 0.05) is 19.3 Å². The molecule has 0 saturated carbocycles. The second-order valence-electron chi connectivity index (χ2n) is 19.7. The standard InChI is InChI=1S/C56H108O6/c1-5-7-9-11-13-15-16-17-25-28-32-36-40-44-48-55(58)61-51-53(50-60-54(57)47-43-39-35-30-14-12-10-8-6-2)62-56(59)49-45-41-37-33-29-26-23-21-19-18-20-22-24-27-31-34-38-42-46-52(3)4/h52-53H,5-51H2,1-4H3/t53-/m0/s1. The van der Waals surface area contributed by atoms with Crippen LogP contribution in [0.5, 0.6) is 0 Å². The second-order valence-corrected chi connectivity index (χ2v) is 19.7. The van der Waals surface area contributed by atoms with Gasteiger partial charge in [0.25, 0.3) is 0 Å². The Kier molecular flexibility index (Phi) is 49.1. The summed E-state index contributed by atoms with van der Waals surface area (Å²) in [6.07, 6.45) is 53.8. The fourth-order valence-electron chi connectivity index (χ4n) is 8.57. The van der Waals surface area contributed by atoms with Gasteiger partial charge in [-0.15, -0.1) is 0 Å². The molecule has 0 unspecified atom stereocenters. The first-order valence-electron chi connectivity index (χ1n) is 27.9. The zero-order valence-electron chi connectivity index (χ0n) is 42.3. The molecule has 0 rings (SSSR count). The molecule has 0 radical (unpaired) electrons. The first-order valence-corrected chi connectivity index (χ1v) is 27.9. The van der Waals surface area contributed by atoms with E-state index in [2.05, 4.69) is 27.7 Å². The van der Waals surface area contributed by atoms with E-state index in [1.165, 1.54) is 212 Å². The van der Waals surface area contributed by atoms with E-state index in [1.54, 1.807) is 0 Å². The van der Waals surface area contributed by atoms with E-state index < -0.39 is 6.10 Å². The van der Waals surface area contributed by atoms with Gasteiger partial charge in [0.05, 0.1) is 0 Å². The number of unbranched alkanes of at least 4 members (excludes halogenated alkanes) is 38. The molecule has 0 aromatic carbocycles. The Balaban J connectivity index is 4.19. The van der Waals surface area contributed by atoms with Crippen LogP contribution in [0.25, 0.3) is 0 Å². The normalized spacial score (nSPS) is 12.0. The lowest BCUT2D eigenvalue weighted by atomic mass is 10.0. The van der Waals surface area contributed by atoms with E-state index in [1.807, 2.05) is 0 Å². The van der Waals surface area contributed by atoms with Crippen LogP contribution in [0.1, 0.15) is 317 Å². The Hall–Kier alpha value is -1.59. The smallest absolute Gasteiger partial charge is 0.306 e. The highest BCUT2D eigenvalue weighted by molar-refractivity contribution is 5.71. The molecule has 0 aliphatic carbocycles. The van der Waals surface area contributed by atoms with Crippen molar-refractivity contribution >= 4 is 17.9 Å². The maximum Gasteiger partial charge on any atom is 0.306 e. The number of carbonyl (C=O) groups excluding carboxylic acids is 3. The molecule has 0 aliphatic heterocycles. The number of rotatable bonds is 51. The van der Waals surface area contributed by atoms with Crippen molar-refractivity contribution in [3.63, 3.8) is 0 Å². The number of carbonyl (C=O) groups is 3. The van der Waals surface area contributed by atoms with Gasteiger partial charge in [-0.25, -0.2) is 0 Å². The Morgan fingerprint density at radius 3 is 0.790 bits per heavy atom. The van der Waals surface area contributed by atoms with Crippen LogP contribution in [0.3, 0.4) is 0 Å². The van der Waals surface area contributed by atoms with Gasteiger partial charge in [0.1, 0.15) is 13.2 Å². The molecule has 0 aliphatic rings.